The molecule has 0 radical (unpaired) electrons. The van der Waals surface area contributed by atoms with Gasteiger partial charge in [0.2, 0.25) is 0 Å². The minimum Gasteiger partial charge on any atom is -0.381 e. The average molecular weight is 294 g/mol. The van der Waals surface area contributed by atoms with Crippen LogP contribution >= 0.6 is 24.8 Å². The molecule has 18 heavy (non-hydrogen) atoms. The maximum absolute atomic E-state index is 5.47. The van der Waals surface area contributed by atoms with Gasteiger partial charge in [-0.05, 0) is 19.8 Å². The maximum atomic E-state index is 5.47. The number of nitrogens with one attached hydrogen (secondary N) is 1. The lowest BCUT2D eigenvalue weighted by molar-refractivity contribution is 0.0322. The van der Waals surface area contributed by atoms with Gasteiger partial charge in [-0.25, -0.2) is 4.98 Å². The van der Waals surface area contributed by atoms with Gasteiger partial charge in [0, 0.05) is 38.4 Å². The molecule has 104 valence electrons. The Morgan fingerprint density at radius 3 is 2.78 bits per heavy atom. The number of aryl methyl sites for hydroxylation is 1. The fraction of sp³-hybridized carbons (Fsp3) is 0.750. The minimum atomic E-state index is 0. The molecule has 2 aliphatic rings. The zero-order valence-electron chi connectivity index (χ0n) is 10.6. The van der Waals surface area contributed by atoms with Crippen LogP contribution in [-0.2, 0) is 23.2 Å². The molecule has 1 fully saturated rings. The summed E-state index contributed by atoms with van der Waals surface area (Å²) in [7, 11) is 0. The second-order valence-electron chi connectivity index (χ2n) is 4.70. The van der Waals surface area contributed by atoms with Crippen LogP contribution in [0, 0.1) is 0 Å². The van der Waals surface area contributed by atoms with E-state index in [1.54, 1.807) is 0 Å². The van der Waals surface area contributed by atoms with Gasteiger partial charge in [0.05, 0.1) is 17.6 Å². The van der Waals surface area contributed by atoms with E-state index in [0.29, 0.717) is 0 Å². The smallest absolute Gasteiger partial charge is 0.0952 e. The Hall–Kier alpha value is -0.290. The van der Waals surface area contributed by atoms with Crippen molar-refractivity contribution in [2.45, 2.75) is 38.3 Å². The second kappa shape index (κ2) is 6.24. The molecule has 2 aliphatic heterocycles. The third kappa shape index (κ3) is 2.39. The van der Waals surface area contributed by atoms with Crippen molar-refractivity contribution in [1.82, 2.24) is 14.9 Å². The van der Waals surface area contributed by atoms with E-state index in [0.717, 1.165) is 45.6 Å². The van der Waals surface area contributed by atoms with E-state index in [9.17, 15) is 0 Å². The summed E-state index contributed by atoms with van der Waals surface area (Å²) in [5, 5.41) is 3.67. The van der Waals surface area contributed by atoms with E-state index < -0.39 is 0 Å². The van der Waals surface area contributed by atoms with Gasteiger partial charge >= 0.3 is 0 Å². The zero-order valence-corrected chi connectivity index (χ0v) is 12.3. The highest BCUT2D eigenvalue weighted by atomic mass is 35.5. The molecular weight excluding hydrogens is 273 g/mol. The van der Waals surface area contributed by atoms with Crippen LogP contribution in [-0.4, -0.2) is 29.3 Å². The van der Waals surface area contributed by atoms with Crippen molar-refractivity contribution < 1.29 is 4.74 Å². The van der Waals surface area contributed by atoms with Crippen LogP contribution in [0.3, 0.4) is 0 Å². The molecule has 6 heteroatoms. The molecule has 0 aliphatic carbocycles. The summed E-state index contributed by atoms with van der Waals surface area (Å²) in [6.07, 6.45) is 5.21. The Balaban J connectivity index is 0.000000810. The summed E-state index contributed by atoms with van der Waals surface area (Å²) in [5.41, 5.74) is 2.82. The van der Waals surface area contributed by atoms with E-state index in [2.05, 4.69) is 21.8 Å². The van der Waals surface area contributed by atoms with Crippen molar-refractivity contribution in [3.63, 3.8) is 0 Å². The normalized spacial score (nSPS) is 20.7. The third-order valence-corrected chi connectivity index (χ3v) is 3.91. The third-order valence-electron chi connectivity index (χ3n) is 3.91. The Morgan fingerprint density at radius 1 is 1.39 bits per heavy atom. The van der Waals surface area contributed by atoms with Crippen LogP contribution in [0.5, 0.6) is 0 Å². The van der Waals surface area contributed by atoms with Gasteiger partial charge in [-0.15, -0.1) is 24.8 Å². The number of halogens is 2. The summed E-state index contributed by atoms with van der Waals surface area (Å²) in [6, 6.07) is 0. The topological polar surface area (TPSA) is 39.1 Å². The molecule has 0 bridgehead atoms. The first kappa shape index (κ1) is 15.8. The van der Waals surface area contributed by atoms with Crippen LogP contribution in [0.2, 0.25) is 0 Å². The number of hydrogen-bond donors (Lipinski definition) is 1. The molecule has 1 N–H and O–H groups in total. The Morgan fingerprint density at radius 2 is 2.11 bits per heavy atom. The first-order valence-corrected chi connectivity index (χ1v) is 6.23. The zero-order chi connectivity index (χ0) is 11.0. The van der Waals surface area contributed by atoms with Crippen molar-refractivity contribution in [3.8, 4) is 0 Å². The van der Waals surface area contributed by atoms with Crippen molar-refractivity contribution in [1.29, 1.82) is 0 Å². The van der Waals surface area contributed by atoms with Crippen molar-refractivity contribution in [2.75, 3.05) is 19.8 Å². The first-order chi connectivity index (χ1) is 7.86. The highest BCUT2D eigenvalue weighted by Crippen LogP contribution is 2.35. The van der Waals surface area contributed by atoms with E-state index >= 15 is 0 Å². The number of nitrogens with zero attached hydrogens (tertiary/aromatic N) is 2. The predicted octanol–water partition coefficient (Wildman–Crippen LogP) is 1.90. The van der Waals surface area contributed by atoms with Crippen LogP contribution in [0.25, 0.3) is 0 Å². The molecule has 1 spiro atoms. The molecule has 0 aromatic carbocycles. The van der Waals surface area contributed by atoms with E-state index in [1.165, 1.54) is 11.4 Å². The number of aromatic nitrogens is 2. The quantitative estimate of drug-likeness (QED) is 0.860. The van der Waals surface area contributed by atoms with Gasteiger partial charge in [-0.1, -0.05) is 0 Å². The molecule has 0 atom stereocenters. The van der Waals surface area contributed by atoms with E-state index in [-0.39, 0.29) is 30.4 Å². The number of fused-ring (bicyclic) bond motifs is 2. The van der Waals surface area contributed by atoms with Crippen LogP contribution in [0.1, 0.15) is 31.2 Å². The maximum Gasteiger partial charge on any atom is 0.0952 e. The number of ether oxygens (including phenoxy) is 1. The molecule has 1 aromatic rings. The monoisotopic (exact) mass is 293 g/mol. The fourth-order valence-electron chi connectivity index (χ4n) is 2.98. The molecule has 3 rings (SSSR count). The van der Waals surface area contributed by atoms with Gasteiger partial charge < -0.3 is 14.6 Å². The summed E-state index contributed by atoms with van der Waals surface area (Å²) < 4.78 is 7.76. The van der Waals surface area contributed by atoms with Gasteiger partial charge in [0.15, 0.2) is 0 Å². The Kier molecular flexibility index (Phi) is 5.46. The van der Waals surface area contributed by atoms with Crippen molar-refractivity contribution >= 4 is 24.8 Å². The summed E-state index contributed by atoms with van der Waals surface area (Å²) >= 11 is 0. The van der Waals surface area contributed by atoms with E-state index in [1.807, 2.05) is 6.33 Å². The highest BCUT2D eigenvalue weighted by Gasteiger charge is 2.40. The summed E-state index contributed by atoms with van der Waals surface area (Å²) in [5.74, 6) is 0. The largest absolute Gasteiger partial charge is 0.381 e. The van der Waals surface area contributed by atoms with Gasteiger partial charge in [0.1, 0.15) is 0 Å². The molecule has 0 amide bonds. The van der Waals surface area contributed by atoms with Crippen molar-refractivity contribution in [2.24, 2.45) is 0 Å². The molecular formula is C12H21Cl2N3O. The van der Waals surface area contributed by atoms with Crippen LogP contribution in [0.15, 0.2) is 6.33 Å². The molecule has 0 unspecified atom stereocenters. The lowest BCUT2D eigenvalue weighted by Gasteiger charge is -2.40. The average Bonchev–Trinajstić information content (AvgIpc) is 2.75. The van der Waals surface area contributed by atoms with Crippen LogP contribution < -0.4 is 5.32 Å². The predicted molar refractivity (Wildman–Crippen MR) is 75.8 cm³/mol. The SMILES string of the molecule is CCn1cnc2c1CCNC21CCOCC1.Cl.Cl. The molecule has 1 saturated heterocycles. The molecule has 1 aromatic heterocycles. The Labute approximate surface area is 120 Å². The summed E-state index contributed by atoms with van der Waals surface area (Å²) in [4.78, 5) is 4.65. The summed E-state index contributed by atoms with van der Waals surface area (Å²) in [6.45, 7) is 5.98. The standard InChI is InChI=1S/C12H19N3O.2ClH/c1-2-15-9-13-11-10(15)3-6-14-12(11)4-7-16-8-5-12;;/h9,14H,2-8H2,1H3;2*1H. The minimum absolute atomic E-state index is 0. The molecule has 0 saturated carbocycles. The molecule has 4 nitrogen and oxygen atoms in total. The van der Waals surface area contributed by atoms with E-state index in [4.69, 9.17) is 4.74 Å². The lowest BCUT2D eigenvalue weighted by atomic mass is 9.82. The van der Waals surface area contributed by atoms with Gasteiger partial charge in [0.25, 0.3) is 0 Å². The lowest BCUT2D eigenvalue weighted by Crippen LogP contribution is -2.51. The first-order valence-electron chi connectivity index (χ1n) is 6.23. The van der Waals surface area contributed by atoms with Gasteiger partial charge in [-0.3, -0.25) is 0 Å². The van der Waals surface area contributed by atoms with Crippen molar-refractivity contribution in [3.05, 3.63) is 17.7 Å². The Bertz CT molecular complexity index is 389. The second-order valence-corrected chi connectivity index (χ2v) is 4.70. The number of rotatable bonds is 1. The highest BCUT2D eigenvalue weighted by molar-refractivity contribution is 5.85. The number of hydrogen-bond acceptors (Lipinski definition) is 3. The van der Waals surface area contributed by atoms with Crippen LogP contribution in [0.4, 0.5) is 0 Å². The number of imidazole rings is 1. The molecule has 3 heterocycles. The fourth-order valence-corrected chi connectivity index (χ4v) is 2.98. The van der Waals surface area contributed by atoms with Gasteiger partial charge in [-0.2, -0.15) is 0 Å².